The van der Waals surface area contributed by atoms with E-state index in [1.165, 1.54) is 12.2 Å². The second-order valence-corrected chi connectivity index (χ2v) is 7.76. The Balaban J connectivity index is 0.000000211. The molecule has 0 fully saturated rings. The van der Waals surface area contributed by atoms with Crippen LogP contribution in [0, 0.1) is 0 Å². The molecule has 38 heavy (non-hydrogen) atoms. The predicted molar refractivity (Wildman–Crippen MR) is 143 cm³/mol. The summed E-state index contributed by atoms with van der Waals surface area (Å²) in [5, 5.41) is 0. The van der Waals surface area contributed by atoms with Crippen molar-refractivity contribution >= 4 is 47.1 Å². The third-order valence-corrected chi connectivity index (χ3v) is 5.33. The molecule has 0 atom stereocenters. The van der Waals surface area contributed by atoms with Gasteiger partial charge >= 0.3 is 0 Å². The molecule has 0 unspecified atom stereocenters. The highest BCUT2D eigenvalue weighted by Gasteiger charge is 2.03. The standard InChI is InChI=1S/2C15H10N2O2/c2*18-10-16-14-7-5-12(6-8-14)9-13-3-1-2-4-15(13)17-11-19/h2*1-8H,9H2. The third kappa shape index (κ3) is 8.26. The van der Waals surface area contributed by atoms with Crippen LogP contribution < -0.4 is 0 Å². The summed E-state index contributed by atoms with van der Waals surface area (Å²) in [7, 11) is 0. The fourth-order valence-corrected chi connectivity index (χ4v) is 3.56. The Hall–Kier alpha value is -5.60. The molecule has 0 spiro atoms. The monoisotopic (exact) mass is 500 g/mol. The van der Waals surface area contributed by atoms with Crippen molar-refractivity contribution in [3.05, 3.63) is 119 Å². The van der Waals surface area contributed by atoms with Gasteiger partial charge in [0.25, 0.3) is 0 Å². The summed E-state index contributed by atoms with van der Waals surface area (Å²) in [6, 6.07) is 29.2. The molecule has 0 N–H and O–H groups in total. The van der Waals surface area contributed by atoms with Gasteiger partial charge in [-0.25, -0.2) is 19.2 Å². The molecule has 4 aromatic rings. The van der Waals surface area contributed by atoms with Gasteiger partial charge in [-0.05, 0) is 71.5 Å². The number of hydrogen-bond donors (Lipinski definition) is 0. The number of nitrogens with zero attached hydrogens (tertiary/aromatic N) is 4. The smallest absolute Gasteiger partial charge is 0.211 e. The molecule has 0 saturated carbocycles. The van der Waals surface area contributed by atoms with E-state index < -0.39 is 0 Å². The highest BCUT2D eigenvalue weighted by molar-refractivity contribution is 5.56. The fourth-order valence-electron chi connectivity index (χ4n) is 3.56. The Labute approximate surface area is 218 Å². The van der Waals surface area contributed by atoms with E-state index in [0.717, 1.165) is 22.3 Å². The van der Waals surface area contributed by atoms with Gasteiger partial charge in [-0.15, -0.1) is 0 Å². The zero-order valence-electron chi connectivity index (χ0n) is 20.1. The van der Waals surface area contributed by atoms with Crippen LogP contribution in [0.5, 0.6) is 0 Å². The van der Waals surface area contributed by atoms with Gasteiger partial charge in [0, 0.05) is 0 Å². The largest absolute Gasteiger partial charge is 0.240 e. The first-order valence-corrected chi connectivity index (χ1v) is 11.3. The average Bonchev–Trinajstić information content (AvgIpc) is 2.94. The summed E-state index contributed by atoms with van der Waals surface area (Å²) in [5.74, 6) is 0. The van der Waals surface area contributed by atoms with Crippen molar-refractivity contribution in [2.75, 3.05) is 0 Å². The lowest BCUT2D eigenvalue weighted by Crippen LogP contribution is -1.88. The van der Waals surface area contributed by atoms with E-state index in [1.54, 1.807) is 48.6 Å². The molecular weight excluding hydrogens is 480 g/mol. The molecule has 0 saturated heterocycles. The summed E-state index contributed by atoms with van der Waals surface area (Å²) in [5.41, 5.74) is 6.34. The normalized spacial score (nSPS) is 9.26. The summed E-state index contributed by atoms with van der Waals surface area (Å²) in [6.07, 6.45) is 7.39. The van der Waals surface area contributed by atoms with Crippen molar-refractivity contribution in [1.82, 2.24) is 0 Å². The van der Waals surface area contributed by atoms with Gasteiger partial charge in [0.15, 0.2) is 0 Å². The third-order valence-electron chi connectivity index (χ3n) is 5.33. The van der Waals surface area contributed by atoms with Crippen molar-refractivity contribution in [3.63, 3.8) is 0 Å². The van der Waals surface area contributed by atoms with Gasteiger partial charge in [0.05, 0.1) is 22.7 Å². The summed E-state index contributed by atoms with van der Waals surface area (Å²) >= 11 is 0. The maximum absolute atomic E-state index is 10.4. The molecule has 0 aliphatic rings. The van der Waals surface area contributed by atoms with E-state index in [1.807, 2.05) is 60.7 Å². The number of carbonyl (C=O) groups excluding carboxylic acids is 4. The highest BCUT2D eigenvalue weighted by Crippen LogP contribution is 2.23. The molecule has 0 heterocycles. The molecule has 0 aromatic heterocycles. The second-order valence-electron chi connectivity index (χ2n) is 7.76. The maximum Gasteiger partial charge on any atom is 0.240 e. The lowest BCUT2D eigenvalue weighted by molar-refractivity contribution is 0.564. The first-order valence-electron chi connectivity index (χ1n) is 11.3. The minimum atomic E-state index is 0.568. The van der Waals surface area contributed by atoms with E-state index in [2.05, 4.69) is 20.0 Å². The molecule has 0 amide bonds. The number of isocyanates is 4. The SMILES string of the molecule is O=C=Nc1ccc(Cc2ccccc2N=C=O)cc1.O=C=Nc1ccc(Cc2ccccc2N=C=O)cc1. The predicted octanol–water partition coefficient (Wildman–Crippen LogP) is 6.42. The van der Waals surface area contributed by atoms with Crippen molar-refractivity contribution in [2.24, 2.45) is 20.0 Å². The van der Waals surface area contributed by atoms with Crippen LogP contribution in [0.1, 0.15) is 22.3 Å². The minimum Gasteiger partial charge on any atom is -0.211 e. The van der Waals surface area contributed by atoms with E-state index in [4.69, 9.17) is 0 Å². The summed E-state index contributed by atoms with van der Waals surface area (Å²) < 4.78 is 0. The Bertz CT molecular complexity index is 1450. The Morgan fingerprint density at radius 1 is 0.421 bits per heavy atom. The Morgan fingerprint density at radius 2 is 0.763 bits per heavy atom. The first kappa shape index (κ1) is 27.0. The second kappa shape index (κ2) is 14.7. The number of para-hydroxylation sites is 2. The zero-order valence-corrected chi connectivity index (χ0v) is 20.1. The van der Waals surface area contributed by atoms with Crippen molar-refractivity contribution in [2.45, 2.75) is 12.8 Å². The van der Waals surface area contributed by atoms with Crippen LogP contribution in [0.25, 0.3) is 0 Å². The average molecular weight is 501 g/mol. The molecule has 4 aromatic carbocycles. The molecule has 0 bridgehead atoms. The van der Waals surface area contributed by atoms with Gasteiger partial charge in [-0.3, -0.25) is 0 Å². The van der Waals surface area contributed by atoms with Crippen LogP contribution in [0.3, 0.4) is 0 Å². The lowest BCUT2D eigenvalue weighted by atomic mass is 10.0. The van der Waals surface area contributed by atoms with Gasteiger partial charge in [-0.1, -0.05) is 60.7 Å². The quantitative estimate of drug-likeness (QED) is 0.205. The van der Waals surface area contributed by atoms with E-state index >= 15 is 0 Å². The number of aliphatic imine (C=N–C) groups is 4. The van der Waals surface area contributed by atoms with E-state index in [-0.39, 0.29) is 0 Å². The first-order chi connectivity index (χ1) is 18.7. The molecule has 8 nitrogen and oxygen atoms in total. The summed E-state index contributed by atoms with van der Waals surface area (Å²) in [6.45, 7) is 0. The number of rotatable bonds is 8. The number of benzene rings is 4. The number of hydrogen-bond acceptors (Lipinski definition) is 8. The van der Waals surface area contributed by atoms with Crippen LogP contribution in [-0.4, -0.2) is 24.3 Å². The van der Waals surface area contributed by atoms with Gasteiger partial charge in [-0.2, -0.15) is 20.0 Å². The van der Waals surface area contributed by atoms with Crippen LogP contribution >= 0.6 is 0 Å². The molecule has 8 heteroatoms. The summed E-state index contributed by atoms with van der Waals surface area (Å²) in [4.78, 5) is 55.4. The van der Waals surface area contributed by atoms with Gasteiger partial charge in [0.2, 0.25) is 24.3 Å². The highest BCUT2D eigenvalue weighted by atomic mass is 16.1. The van der Waals surface area contributed by atoms with E-state index in [9.17, 15) is 19.2 Å². The maximum atomic E-state index is 10.4. The van der Waals surface area contributed by atoms with Gasteiger partial charge in [0.1, 0.15) is 0 Å². The molecule has 184 valence electrons. The lowest BCUT2D eigenvalue weighted by Gasteiger charge is -2.04. The molecule has 0 radical (unpaired) electrons. The van der Waals surface area contributed by atoms with Crippen LogP contribution in [-0.2, 0) is 32.0 Å². The van der Waals surface area contributed by atoms with Crippen LogP contribution in [0.2, 0.25) is 0 Å². The topological polar surface area (TPSA) is 118 Å². The fraction of sp³-hybridized carbons (Fsp3) is 0.0667. The van der Waals surface area contributed by atoms with Crippen LogP contribution in [0.4, 0.5) is 22.7 Å². The Morgan fingerprint density at radius 3 is 1.11 bits per heavy atom. The van der Waals surface area contributed by atoms with Crippen molar-refractivity contribution in [3.8, 4) is 0 Å². The molecule has 4 rings (SSSR count). The van der Waals surface area contributed by atoms with E-state index in [0.29, 0.717) is 35.6 Å². The molecule has 0 aliphatic carbocycles. The zero-order chi connectivity index (χ0) is 27.0. The van der Waals surface area contributed by atoms with Crippen LogP contribution in [0.15, 0.2) is 117 Å². The molecule has 0 aliphatic heterocycles. The minimum absolute atomic E-state index is 0.568. The molecular formula is C30H20N4O4. The van der Waals surface area contributed by atoms with Crippen molar-refractivity contribution < 1.29 is 19.2 Å². The van der Waals surface area contributed by atoms with Gasteiger partial charge < -0.3 is 0 Å². The Kier molecular flexibility index (Phi) is 10.5. The van der Waals surface area contributed by atoms with Crippen molar-refractivity contribution in [1.29, 1.82) is 0 Å².